The predicted molar refractivity (Wildman–Crippen MR) is 104 cm³/mol. The van der Waals surface area contributed by atoms with E-state index in [1.807, 2.05) is 6.92 Å². The summed E-state index contributed by atoms with van der Waals surface area (Å²) in [6.07, 6.45) is 2.53. The van der Waals surface area contributed by atoms with Crippen LogP contribution in [0.25, 0.3) is 0 Å². The Morgan fingerprint density at radius 2 is 1.96 bits per heavy atom. The van der Waals surface area contributed by atoms with E-state index in [-0.39, 0.29) is 18.4 Å². The third kappa shape index (κ3) is 5.84. The number of thiazole rings is 1. The maximum atomic E-state index is 12.8. The van der Waals surface area contributed by atoms with Crippen molar-refractivity contribution in [3.05, 3.63) is 40.9 Å². The van der Waals surface area contributed by atoms with Crippen LogP contribution in [-0.2, 0) is 4.79 Å². The van der Waals surface area contributed by atoms with Crippen molar-refractivity contribution in [2.45, 2.75) is 27.2 Å². The number of nitrogens with one attached hydrogen (secondary N) is 1. The van der Waals surface area contributed by atoms with Crippen molar-refractivity contribution in [3.8, 4) is 5.75 Å². The summed E-state index contributed by atoms with van der Waals surface area (Å²) >= 11 is 1.41. The molecule has 1 aromatic carbocycles. The number of benzene rings is 1. The summed E-state index contributed by atoms with van der Waals surface area (Å²) in [7, 11) is 1.58. The van der Waals surface area contributed by atoms with Crippen LogP contribution >= 0.6 is 11.3 Å². The molecule has 0 unspecified atom stereocenters. The van der Waals surface area contributed by atoms with E-state index in [1.165, 1.54) is 11.3 Å². The minimum absolute atomic E-state index is 0.00376. The Kier molecular flexibility index (Phi) is 7.15. The smallest absolute Gasteiger partial charge is 0.254 e. The molecule has 1 N–H and O–H groups in total. The largest absolute Gasteiger partial charge is 0.497 e. The van der Waals surface area contributed by atoms with Gasteiger partial charge in [-0.05, 0) is 43.5 Å². The summed E-state index contributed by atoms with van der Waals surface area (Å²) in [6.45, 7) is 6.63. The van der Waals surface area contributed by atoms with Crippen molar-refractivity contribution < 1.29 is 14.3 Å². The Morgan fingerprint density at radius 1 is 1.27 bits per heavy atom. The molecule has 0 spiro atoms. The van der Waals surface area contributed by atoms with Crippen LogP contribution in [0.1, 0.15) is 35.5 Å². The zero-order valence-electron chi connectivity index (χ0n) is 15.6. The highest BCUT2D eigenvalue weighted by molar-refractivity contribution is 7.15. The van der Waals surface area contributed by atoms with E-state index in [4.69, 9.17) is 4.74 Å². The van der Waals surface area contributed by atoms with Crippen LogP contribution in [-0.4, -0.2) is 41.9 Å². The molecule has 0 aliphatic rings. The number of aromatic nitrogens is 1. The Labute approximate surface area is 158 Å². The number of hydrogen-bond acceptors (Lipinski definition) is 5. The second kappa shape index (κ2) is 9.33. The second-order valence-corrected chi connectivity index (χ2v) is 7.70. The lowest BCUT2D eigenvalue weighted by Crippen LogP contribution is -2.39. The molecular formula is C19H25N3O3S. The first-order chi connectivity index (χ1) is 12.4. The maximum Gasteiger partial charge on any atom is 0.254 e. The lowest BCUT2D eigenvalue weighted by Gasteiger charge is -2.23. The van der Waals surface area contributed by atoms with Gasteiger partial charge in [-0.2, -0.15) is 0 Å². The van der Waals surface area contributed by atoms with Gasteiger partial charge in [0.25, 0.3) is 5.91 Å². The van der Waals surface area contributed by atoms with Crippen LogP contribution in [0.2, 0.25) is 0 Å². The molecule has 0 aliphatic carbocycles. The molecule has 2 amide bonds. The summed E-state index contributed by atoms with van der Waals surface area (Å²) in [5.41, 5.74) is 0.535. The highest BCUT2D eigenvalue weighted by atomic mass is 32.1. The van der Waals surface area contributed by atoms with Crippen molar-refractivity contribution in [2.24, 2.45) is 5.92 Å². The summed E-state index contributed by atoms with van der Waals surface area (Å²) in [6, 6.07) is 6.91. The lowest BCUT2D eigenvalue weighted by atomic mass is 10.1. The van der Waals surface area contributed by atoms with Crippen molar-refractivity contribution in [1.29, 1.82) is 0 Å². The molecule has 0 radical (unpaired) electrons. The minimum Gasteiger partial charge on any atom is -0.497 e. The van der Waals surface area contributed by atoms with Crippen LogP contribution in [0.4, 0.5) is 5.13 Å². The Morgan fingerprint density at radius 3 is 2.50 bits per heavy atom. The average molecular weight is 375 g/mol. The number of aryl methyl sites for hydroxylation is 1. The van der Waals surface area contributed by atoms with Crippen molar-refractivity contribution in [1.82, 2.24) is 9.88 Å². The first-order valence-electron chi connectivity index (χ1n) is 8.54. The van der Waals surface area contributed by atoms with Crippen LogP contribution in [0.15, 0.2) is 30.5 Å². The number of ether oxygens (including phenoxy) is 1. The fourth-order valence-corrected chi connectivity index (χ4v) is 3.01. The zero-order valence-corrected chi connectivity index (χ0v) is 16.4. The van der Waals surface area contributed by atoms with Gasteiger partial charge in [0.1, 0.15) is 12.3 Å². The van der Waals surface area contributed by atoms with E-state index < -0.39 is 0 Å². The topological polar surface area (TPSA) is 71.5 Å². The van der Waals surface area contributed by atoms with Crippen LogP contribution < -0.4 is 10.1 Å². The number of methoxy groups -OCH3 is 1. The molecule has 1 aromatic heterocycles. The SMILES string of the molecule is COc1ccc(C(=O)N(CCC(C)C)CC(=O)Nc2ncc(C)s2)cc1. The van der Waals surface area contributed by atoms with Gasteiger partial charge in [0, 0.05) is 23.2 Å². The Balaban J connectivity index is 2.07. The van der Waals surface area contributed by atoms with Gasteiger partial charge in [-0.3, -0.25) is 9.59 Å². The number of carbonyl (C=O) groups is 2. The average Bonchev–Trinajstić information content (AvgIpc) is 3.02. The van der Waals surface area contributed by atoms with Gasteiger partial charge in [-0.15, -0.1) is 11.3 Å². The molecule has 1 heterocycles. The molecule has 0 saturated carbocycles. The van der Waals surface area contributed by atoms with Crippen LogP contribution in [0.3, 0.4) is 0 Å². The van der Waals surface area contributed by atoms with Gasteiger partial charge in [0.2, 0.25) is 5.91 Å². The Bertz CT molecular complexity index is 741. The lowest BCUT2D eigenvalue weighted by molar-refractivity contribution is -0.116. The molecule has 2 rings (SSSR count). The fraction of sp³-hybridized carbons (Fsp3) is 0.421. The molecule has 2 aromatic rings. The van der Waals surface area contributed by atoms with E-state index in [0.717, 1.165) is 11.3 Å². The number of nitrogens with zero attached hydrogens (tertiary/aromatic N) is 2. The van der Waals surface area contributed by atoms with E-state index in [1.54, 1.807) is 42.5 Å². The summed E-state index contributed by atoms with van der Waals surface area (Å²) in [4.78, 5) is 31.9. The van der Waals surface area contributed by atoms with E-state index in [0.29, 0.717) is 28.9 Å². The predicted octanol–water partition coefficient (Wildman–Crippen LogP) is 3.59. The van der Waals surface area contributed by atoms with Gasteiger partial charge in [-0.25, -0.2) is 4.98 Å². The first kappa shape index (κ1) is 19.9. The van der Waals surface area contributed by atoms with Gasteiger partial charge in [0.15, 0.2) is 5.13 Å². The normalized spacial score (nSPS) is 10.7. The monoisotopic (exact) mass is 375 g/mol. The van der Waals surface area contributed by atoms with Gasteiger partial charge >= 0.3 is 0 Å². The van der Waals surface area contributed by atoms with E-state index in [9.17, 15) is 9.59 Å². The Hall–Kier alpha value is -2.41. The molecule has 0 atom stereocenters. The quantitative estimate of drug-likeness (QED) is 0.765. The molecule has 6 nitrogen and oxygen atoms in total. The third-order valence-electron chi connectivity index (χ3n) is 3.80. The molecule has 0 fully saturated rings. The number of hydrogen-bond donors (Lipinski definition) is 1. The van der Waals surface area contributed by atoms with Gasteiger partial charge in [-0.1, -0.05) is 13.8 Å². The van der Waals surface area contributed by atoms with Crippen molar-refractivity contribution in [3.63, 3.8) is 0 Å². The molecule has 0 aliphatic heterocycles. The summed E-state index contributed by atoms with van der Waals surface area (Å²) in [5, 5.41) is 3.31. The summed E-state index contributed by atoms with van der Waals surface area (Å²) in [5.74, 6) is 0.710. The number of rotatable bonds is 8. The van der Waals surface area contributed by atoms with Crippen molar-refractivity contribution in [2.75, 3.05) is 25.5 Å². The number of amides is 2. The molecule has 7 heteroatoms. The minimum atomic E-state index is -0.245. The standard InChI is InChI=1S/C19H25N3O3S/c1-13(2)9-10-22(12-17(23)21-19-20-11-14(3)26-19)18(24)15-5-7-16(25-4)8-6-15/h5-8,11,13H,9-10,12H2,1-4H3,(H,20,21,23). The molecule has 140 valence electrons. The van der Waals surface area contributed by atoms with Gasteiger partial charge < -0.3 is 15.0 Å². The molecule has 0 saturated heterocycles. The third-order valence-corrected chi connectivity index (χ3v) is 4.63. The van der Waals surface area contributed by atoms with E-state index >= 15 is 0 Å². The van der Waals surface area contributed by atoms with Crippen LogP contribution in [0, 0.1) is 12.8 Å². The number of carbonyl (C=O) groups excluding carboxylic acids is 2. The zero-order chi connectivity index (χ0) is 19.1. The first-order valence-corrected chi connectivity index (χ1v) is 9.36. The van der Waals surface area contributed by atoms with E-state index in [2.05, 4.69) is 24.1 Å². The summed E-state index contributed by atoms with van der Waals surface area (Å²) < 4.78 is 5.13. The van der Waals surface area contributed by atoms with Crippen molar-refractivity contribution >= 4 is 28.3 Å². The van der Waals surface area contributed by atoms with Gasteiger partial charge in [0.05, 0.1) is 7.11 Å². The highest BCUT2D eigenvalue weighted by Gasteiger charge is 2.20. The second-order valence-electron chi connectivity index (χ2n) is 6.46. The molecular weight excluding hydrogens is 350 g/mol. The molecule has 0 bridgehead atoms. The molecule has 26 heavy (non-hydrogen) atoms. The number of anilines is 1. The maximum absolute atomic E-state index is 12.8. The fourth-order valence-electron chi connectivity index (χ4n) is 2.33. The van der Waals surface area contributed by atoms with Crippen LogP contribution in [0.5, 0.6) is 5.75 Å². The highest BCUT2D eigenvalue weighted by Crippen LogP contribution is 2.17.